The number of hydrogen-bond donors (Lipinski definition) is 3. The van der Waals surface area contributed by atoms with Crippen molar-refractivity contribution in [1.29, 1.82) is 0 Å². The van der Waals surface area contributed by atoms with Gasteiger partial charge in [0.1, 0.15) is 11.4 Å². The topological polar surface area (TPSA) is 141 Å². The monoisotopic (exact) mass is 511 g/mol. The number of rotatable bonds is 10. The molecule has 190 valence electrons. The number of benzene rings is 2. The van der Waals surface area contributed by atoms with Gasteiger partial charge in [-0.2, -0.15) is 0 Å². The molecule has 0 saturated carbocycles. The van der Waals surface area contributed by atoms with Crippen molar-refractivity contribution in [3.8, 4) is 0 Å². The van der Waals surface area contributed by atoms with Gasteiger partial charge in [0, 0.05) is 28.3 Å². The molecule has 0 radical (unpaired) electrons. The molecule has 1 amide bonds. The lowest BCUT2D eigenvalue weighted by atomic mass is 9.87. The van der Waals surface area contributed by atoms with E-state index in [-0.39, 0.29) is 31.4 Å². The molecule has 3 N–H and O–H groups in total. The zero-order chi connectivity index (χ0) is 26.6. The lowest BCUT2D eigenvalue weighted by Crippen LogP contribution is -2.57. The van der Waals surface area contributed by atoms with Crippen LogP contribution in [0.3, 0.4) is 0 Å². The molecule has 0 saturated heterocycles. The summed E-state index contributed by atoms with van der Waals surface area (Å²) >= 11 is 1.38. The molecule has 3 rings (SSSR count). The summed E-state index contributed by atoms with van der Waals surface area (Å²) in [6.45, 7) is 7.05. The summed E-state index contributed by atoms with van der Waals surface area (Å²) < 4.78 is 0. The Balaban J connectivity index is 1.93. The van der Waals surface area contributed by atoms with Crippen LogP contribution in [0.5, 0.6) is 0 Å². The summed E-state index contributed by atoms with van der Waals surface area (Å²) in [6, 6.07) is 10.4. The van der Waals surface area contributed by atoms with E-state index in [0.29, 0.717) is 22.3 Å². The normalized spacial score (nSPS) is 12.8. The second kappa shape index (κ2) is 10.9. The second-order valence-electron chi connectivity index (χ2n) is 8.52. The lowest BCUT2D eigenvalue weighted by molar-refractivity contribution is -0.151. The highest BCUT2D eigenvalue weighted by molar-refractivity contribution is 7.99. The number of H-pyrrole nitrogens is 1. The number of amides is 1. The van der Waals surface area contributed by atoms with Crippen molar-refractivity contribution in [3.63, 3.8) is 0 Å². The van der Waals surface area contributed by atoms with Gasteiger partial charge in [0.05, 0.1) is 10.9 Å². The molecular formula is C26H29N3O6S. The van der Waals surface area contributed by atoms with Crippen LogP contribution in [0.25, 0.3) is 10.9 Å². The van der Waals surface area contributed by atoms with Crippen LogP contribution in [0.2, 0.25) is 0 Å². The van der Waals surface area contributed by atoms with E-state index < -0.39 is 23.4 Å². The number of aliphatic carboxylic acids is 2. The molecule has 0 unspecified atom stereocenters. The number of nitrogens with one attached hydrogen (secondary N) is 1. The van der Waals surface area contributed by atoms with Crippen LogP contribution in [0.4, 0.5) is 0 Å². The minimum absolute atomic E-state index is 0.0749. The van der Waals surface area contributed by atoms with E-state index in [0.717, 1.165) is 15.4 Å². The Labute approximate surface area is 212 Å². The van der Waals surface area contributed by atoms with Crippen molar-refractivity contribution in [2.45, 2.75) is 62.3 Å². The number of carboxylic acid groups (broad SMARTS) is 2. The molecule has 0 aliphatic heterocycles. The van der Waals surface area contributed by atoms with Crippen LogP contribution in [-0.4, -0.2) is 55.0 Å². The van der Waals surface area contributed by atoms with Crippen LogP contribution in [0.15, 0.2) is 51.0 Å². The van der Waals surface area contributed by atoms with E-state index in [1.165, 1.54) is 16.7 Å². The standard InChI is InChI=1S/C26H29N3O6S/c1-5-26(25(34)35,14-13-20(30)31)29(6-2)24(33)17-8-10-18(11-9-17)36-22-15(3)7-12-19-21(22)23(32)28-16(4)27-19/h7-12H,5-6,13-14H2,1-4H3,(H,30,31)(H,34,35)(H,27,28,32)/t26-/m1/s1. The summed E-state index contributed by atoms with van der Waals surface area (Å²) in [4.78, 5) is 59.3. The number of carboxylic acids is 2. The molecule has 10 heteroatoms. The third kappa shape index (κ3) is 5.28. The Morgan fingerprint density at radius 1 is 1.06 bits per heavy atom. The van der Waals surface area contributed by atoms with Gasteiger partial charge >= 0.3 is 11.9 Å². The number of aromatic amines is 1. The first kappa shape index (κ1) is 26.9. The Bertz CT molecular complexity index is 1370. The fourth-order valence-corrected chi connectivity index (χ4v) is 5.36. The average Bonchev–Trinajstić information content (AvgIpc) is 2.83. The first-order valence-electron chi connectivity index (χ1n) is 11.6. The van der Waals surface area contributed by atoms with Gasteiger partial charge in [0.2, 0.25) is 0 Å². The molecule has 0 bridgehead atoms. The van der Waals surface area contributed by atoms with Crippen molar-refractivity contribution < 1.29 is 24.6 Å². The molecule has 1 aromatic heterocycles. The smallest absolute Gasteiger partial charge is 0.329 e. The third-order valence-electron chi connectivity index (χ3n) is 6.28. The van der Waals surface area contributed by atoms with Crippen molar-refractivity contribution in [3.05, 3.63) is 63.7 Å². The summed E-state index contributed by atoms with van der Waals surface area (Å²) in [5.74, 6) is -2.30. The number of fused-ring (bicyclic) bond motifs is 1. The van der Waals surface area contributed by atoms with Gasteiger partial charge < -0.3 is 20.1 Å². The van der Waals surface area contributed by atoms with Crippen molar-refractivity contribution in [1.82, 2.24) is 14.9 Å². The fraction of sp³-hybridized carbons (Fsp3) is 0.346. The predicted octanol–water partition coefficient (Wildman–Crippen LogP) is 4.25. The van der Waals surface area contributed by atoms with Gasteiger partial charge in [-0.15, -0.1) is 0 Å². The number of hydrogen-bond acceptors (Lipinski definition) is 6. The quantitative estimate of drug-likeness (QED) is 0.367. The number of carbonyl (C=O) groups is 3. The Morgan fingerprint density at radius 2 is 1.72 bits per heavy atom. The maximum absolute atomic E-state index is 13.4. The van der Waals surface area contributed by atoms with Crippen LogP contribution in [-0.2, 0) is 9.59 Å². The maximum Gasteiger partial charge on any atom is 0.329 e. The molecule has 0 aliphatic carbocycles. The fourth-order valence-electron chi connectivity index (χ4n) is 4.33. The minimum atomic E-state index is -1.62. The third-order valence-corrected chi connectivity index (χ3v) is 7.51. The zero-order valence-electron chi connectivity index (χ0n) is 20.6. The van der Waals surface area contributed by atoms with E-state index in [1.807, 2.05) is 19.1 Å². The first-order valence-corrected chi connectivity index (χ1v) is 12.4. The SMILES string of the molecule is CCN(C(=O)c1ccc(Sc2c(C)ccc3nc(C)[nH]c(=O)c23)cc1)[C@](CC)(CCC(=O)O)C(=O)O. The molecule has 0 aliphatic rings. The number of aryl methyl sites for hydroxylation is 2. The highest BCUT2D eigenvalue weighted by atomic mass is 32.2. The molecule has 1 atom stereocenters. The van der Waals surface area contributed by atoms with Crippen molar-refractivity contribution in [2.24, 2.45) is 0 Å². The molecule has 0 spiro atoms. The summed E-state index contributed by atoms with van der Waals surface area (Å²) in [5, 5.41) is 19.6. The van der Waals surface area contributed by atoms with Gasteiger partial charge in [-0.3, -0.25) is 14.4 Å². The van der Waals surface area contributed by atoms with E-state index in [4.69, 9.17) is 5.11 Å². The van der Waals surface area contributed by atoms with Gasteiger partial charge in [0.15, 0.2) is 0 Å². The lowest BCUT2D eigenvalue weighted by Gasteiger charge is -2.39. The summed E-state index contributed by atoms with van der Waals surface area (Å²) in [7, 11) is 0. The van der Waals surface area contributed by atoms with E-state index in [9.17, 15) is 24.3 Å². The first-order chi connectivity index (χ1) is 17.0. The molecule has 1 heterocycles. The second-order valence-corrected chi connectivity index (χ2v) is 9.60. The van der Waals surface area contributed by atoms with E-state index in [2.05, 4.69) is 9.97 Å². The Hall–Kier alpha value is -3.66. The number of carbonyl (C=O) groups excluding carboxylic acids is 1. The molecular weight excluding hydrogens is 482 g/mol. The number of likely N-dealkylation sites (N-methyl/N-ethyl adjacent to an activating group) is 1. The van der Waals surface area contributed by atoms with E-state index in [1.54, 1.807) is 45.0 Å². The van der Waals surface area contributed by atoms with Gasteiger partial charge in [-0.25, -0.2) is 9.78 Å². The molecule has 0 fully saturated rings. The van der Waals surface area contributed by atoms with Gasteiger partial charge in [-0.1, -0.05) is 24.8 Å². The van der Waals surface area contributed by atoms with Crippen molar-refractivity contribution >= 4 is 40.5 Å². The minimum Gasteiger partial charge on any atom is -0.481 e. The number of nitrogens with zero attached hydrogens (tertiary/aromatic N) is 2. The molecule has 36 heavy (non-hydrogen) atoms. The zero-order valence-corrected chi connectivity index (χ0v) is 21.4. The molecule has 9 nitrogen and oxygen atoms in total. The highest BCUT2D eigenvalue weighted by Gasteiger charge is 2.44. The van der Waals surface area contributed by atoms with Gasteiger partial charge in [-0.05, 0) is 69.5 Å². The highest BCUT2D eigenvalue weighted by Crippen LogP contribution is 2.35. The van der Waals surface area contributed by atoms with Crippen LogP contribution in [0.1, 0.15) is 54.9 Å². The van der Waals surface area contributed by atoms with Crippen molar-refractivity contribution in [2.75, 3.05) is 6.54 Å². The average molecular weight is 512 g/mol. The van der Waals surface area contributed by atoms with Crippen LogP contribution in [0, 0.1) is 13.8 Å². The molecule has 2 aromatic carbocycles. The van der Waals surface area contributed by atoms with Crippen LogP contribution >= 0.6 is 11.8 Å². The van der Waals surface area contributed by atoms with Crippen LogP contribution < -0.4 is 5.56 Å². The Morgan fingerprint density at radius 3 is 2.28 bits per heavy atom. The van der Waals surface area contributed by atoms with Gasteiger partial charge in [0.25, 0.3) is 11.5 Å². The summed E-state index contributed by atoms with van der Waals surface area (Å²) in [6.07, 6.45) is -0.479. The Kier molecular flexibility index (Phi) is 8.19. The summed E-state index contributed by atoms with van der Waals surface area (Å²) in [5.41, 5.74) is -0.0428. The van der Waals surface area contributed by atoms with E-state index >= 15 is 0 Å². The predicted molar refractivity (Wildman–Crippen MR) is 137 cm³/mol. The number of aromatic nitrogens is 2. The molecule has 3 aromatic rings. The largest absolute Gasteiger partial charge is 0.481 e. The maximum atomic E-state index is 13.4.